The van der Waals surface area contributed by atoms with E-state index >= 15 is 0 Å². The predicted molar refractivity (Wildman–Crippen MR) is 82.2 cm³/mol. The van der Waals surface area contributed by atoms with Crippen molar-refractivity contribution < 1.29 is 4.79 Å². The lowest BCUT2D eigenvalue weighted by molar-refractivity contribution is 0.196. The van der Waals surface area contributed by atoms with Crippen LogP contribution in [0.25, 0.3) is 0 Å². The molecule has 1 aliphatic heterocycles. The van der Waals surface area contributed by atoms with Crippen molar-refractivity contribution in [2.24, 2.45) is 0 Å². The Morgan fingerprint density at radius 3 is 2.70 bits per heavy atom. The summed E-state index contributed by atoms with van der Waals surface area (Å²) in [5, 5.41) is 3.60. The first kappa shape index (κ1) is 15.1. The van der Waals surface area contributed by atoms with Gasteiger partial charge in [0.05, 0.1) is 0 Å². The fraction of sp³-hybridized carbons (Fsp3) is 0.533. The van der Waals surface area contributed by atoms with E-state index < -0.39 is 0 Å². The molecule has 0 bridgehead atoms. The molecule has 0 aromatic heterocycles. The predicted octanol–water partition coefficient (Wildman–Crippen LogP) is 2.23. The van der Waals surface area contributed by atoms with E-state index in [0.717, 1.165) is 37.6 Å². The van der Waals surface area contributed by atoms with Gasteiger partial charge in [0.2, 0.25) is 0 Å². The second-order valence-corrected chi connectivity index (χ2v) is 5.82. The van der Waals surface area contributed by atoms with Gasteiger partial charge in [-0.05, 0) is 38.1 Å². The van der Waals surface area contributed by atoms with E-state index in [1.165, 1.54) is 5.56 Å². The van der Waals surface area contributed by atoms with E-state index in [0.29, 0.717) is 6.04 Å². The van der Waals surface area contributed by atoms with Crippen LogP contribution >= 0.6 is 11.6 Å². The Morgan fingerprint density at radius 1 is 1.40 bits per heavy atom. The molecule has 0 saturated carbocycles. The fourth-order valence-electron chi connectivity index (χ4n) is 2.34. The molecule has 0 spiro atoms. The molecule has 4 nitrogen and oxygen atoms in total. The first-order valence-electron chi connectivity index (χ1n) is 7.03. The van der Waals surface area contributed by atoms with Crippen molar-refractivity contribution in [1.82, 2.24) is 15.1 Å². The maximum atomic E-state index is 11.5. The minimum absolute atomic E-state index is 0.0590. The highest BCUT2D eigenvalue weighted by Gasteiger charge is 2.20. The van der Waals surface area contributed by atoms with Gasteiger partial charge in [0, 0.05) is 37.2 Å². The van der Waals surface area contributed by atoms with Crippen molar-refractivity contribution >= 4 is 17.6 Å². The number of likely N-dealkylation sites (N-methyl/N-ethyl adjacent to an activating group) is 1. The third-order valence-corrected chi connectivity index (χ3v) is 4.12. The lowest BCUT2D eigenvalue weighted by atomic mass is 10.1. The minimum atomic E-state index is 0.0590. The highest BCUT2D eigenvalue weighted by molar-refractivity contribution is 6.30. The third-order valence-electron chi connectivity index (χ3n) is 3.86. The second kappa shape index (κ2) is 6.95. The van der Waals surface area contributed by atoms with Gasteiger partial charge >= 0.3 is 6.03 Å². The van der Waals surface area contributed by atoms with Crippen LogP contribution in [0.5, 0.6) is 0 Å². The number of nitrogens with one attached hydrogen (secondary N) is 1. The molecular formula is C15H22ClN3O. The topological polar surface area (TPSA) is 35.6 Å². The number of halogens is 1. The highest BCUT2D eigenvalue weighted by atomic mass is 35.5. The zero-order chi connectivity index (χ0) is 14.5. The Hall–Kier alpha value is -1.26. The zero-order valence-corrected chi connectivity index (χ0v) is 12.9. The van der Waals surface area contributed by atoms with Crippen molar-refractivity contribution in [3.8, 4) is 0 Å². The molecular weight excluding hydrogens is 274 g/mol. The molecule has 2 rings (SSSR count). The number of nitrogens with zero attached hydrogens (tertiary/aromatic N) is 2. The SMILES string of the molecule is C[C@H](Cc1ccc(Cl)cc1)N(C)CCN1CCNC1=O. The molecule has 5 heteroatoms. The van der Waals surface area contributed by atoms with Crippen molar-refractivity contribution in [3.05, 3.63) is 34.9 Å². The van der Waals surface area contributed by atoms with Crippen LogP contribution in [0, 0.1) is 0 Å². The van der Waals surface area contributed by atoms with Crippen LogP contribution in [0.4, 0.5) is 4.79 Å². The van der Waals surface area contributed by atoms with Gasteiger partial charge in [-0.2, -0.15) is 0 Å². The average Bonchev–Trinajstić information content (AvgIpc) is 2.84. The lowest BCUT2D eigenvalue weighted by Gasteiger charge is -2.26. The summed E-state index contributed by atoms with van der Waals surface area (Å²) < 4.78 is 0. The molecule has 1 heterocycles. The van der Waals surface area contributed by atoms with Crippen LogP contribution in [-0.4, -0.2) is 55.1 Å². The first-order chi connectivity index (χ1) is 9.56. The molecule has 20 heavy (non-hydrogen) atoms. The van der Waals surface area contributed by atoms with Crippen LogP contribution in [-0.2, 0) is 6.42 Å². The van der Waals surface area contributed by atoms with E-state index in [2.05, 4.69) is 36.3 Å². The van der Waals surface area contributed by atoms with Gasteiger partial charge in [-0.15, -0.1) is 0 Å². The van der Waals surface area contributed by atoms with E-state index in [-0.39, 0.29) is 6.03 Å². The molecule has 110 valence electrons. The summed E-state index contributed by atoms with van der Waals surface area (Å²) in [5.41, 5.74) is 1.28. The van der Waals surface area contributed by atoms with E-state index in [9.17, 15) is 4.79 Å². The molecule has 1 aliphatic rings. The molecule has 0 radical (unpaired) electrons. The molecule has 1 aromatic rings. The summed E-state index contributed by atoms with van der Waals surface area (Å²) in [5.74, 6) is 0. The molecule has 0 aliphatic carbocycles. The van der Waals surface area contributed by atoms with Gasteiger partial charge < -0.3 is 15.1 Å². The number of carbonyl (C=O) groups excluding carboxylic acids is 1. The van der Waals surface area contributed by atoms with Gasteiger partial charge in [0.15, 0.2) is 0 Å². The summed E-state index contributed by atoms with van der Waals surface area (Å²) >= 11 is 5.89. The number of benzene rings is 1. The maximum Gasteiger partial charge on any atom is 0.317 e. The van der Waals surface area contributed by atoms with Gasteiger partial charge in [0.25, 0.3) is 0 Å². The van der Waals surface area contributed by atoms with E-state index in [1.807, 2.05) is 17.0 Å². The quantitative estimate of drug-likeness (QED) is 0.873. The number of hydrogen-bond acceptors (Lipinski definition) is 2. The summed E-state index contributed by atoms with van der Waals surface area (Å²) in [6.45, 7) is 5.47. The number of rotatable bonds is 6. The molecule has 1 fully saturated rings. The Labute approximate surface area is 125 Å². The number of urea groups is 1. The Morgan fingerprint density at radius 2 is 2.10 bits per heavy atom. The van der Waals surface area contributed by atoms with Crippen molar-refractivity contribution in [2.75, 3.05) is 33.2 Å². The first-order valence-corrected chi connectivity index (χ1v) is 7.41. The molecule has 2 amide bonds. The number of amides is 2. The summed E-state index contributed by atoms with van der Waals surface area (Å²) in [6.07, 6.45) is 0.986. The molecule has 0 unspecified atom stereocenters. The number of carbonyl (C=O) groups is 1. The van der Waals surface area contributed by atoms with E-state index in [1.54, 1.807) is 0 Å². The van der Waals surface area contributed by atoms with Gasteiger partial charge in [0.1, 0.15) is 0 Å². The summed E-state index contributed by atoms with van der Waals surface area (Å²) in [6, 6.07) is 8.49. The monoisotopic (exact) mass is 295 g/mol. The Bertz CT molecular complexity index is 449. The lowest BCUT2D eigenvalue weighted by Crippen LogP contribution is -2.39. The van der Waals surface area contributed by atoms with Crippen LogP contribution in [0.2, 0.25) is 5.02 Å². The normalized spacial score (nSPS) is 16.6. The largest absolute Gasteiger partial charge is 0.336 e. The van der Waals surface area contributed by atoms with Crippen LogP contribution < -0.4 is 5.32 Å². The minimum Gasteiger partial charge on any atom is -0.336 e. The van der Waals surface area contributed by atoms with Crippen LogP contribution in [0.3, 0.4) is 0 Å². The second-order valence-electron chi connectivity index (χ2n) is 5.38. The van der Waals surface area contributed by atoms with Crippen LogP contribution in [0.15, 0.2) is 24.3 Å². The molecule has 1 aromatic carbocycles. The standard InChI is InChI=1S/C15H22ClN3O/c1-12(11-13-3-5-14(16)6-4-13)18(2)9-10-19-8-7-17-15(19)20/h3-6,12H,7-11H2,1-2H3,(H,17,20)/t12-/m1/s1. The molecule has 1 N–H and O–H groups in total. The van der Waals surface area contributed by atoms with Gasteiger partial charge in [-0.25, -0.2) is 4.79 Å². The highest BCUT2D eigenvalue weighted by Crippen LogP contribution is 2.12. The van der Waals surface area contributed by atoms with Crippen molar-refractivity contribution in [1.29, 1.82) is 0 Å². The van der Waals surface area contributed by atoms with Crippen molar-refractivity contribution in [3.63, 3.8) is 0 Å². The average molecular weight is 296 g/mol. The van der Waals surface area contributed by atoms with Crippen molar-refractivity contribution in [2.45, 2.75) is 19.4 Å². The summed E-state index contributed by atoms with van der Waals surface area (Å²) in [7, 11) is 2.11. The van der Waals surface area contributed by atoms with Gasteiger partial charge in [-0.3, -0.25) is 0 Å². The smallest absolute Gasteiger partial charge is 0.317 e. The maximum absolute atomic E-state index is 11.5. The summed E-state index contributed by atoms with van der Waals surface area (Å²) in [4.78, 5) is 15.6. The number of hydrogen-bond donors (Lipinski definition) is 1. The Kier molecular flexibility index (Phi) is 5.26. The van der Waals surface area contributed by atoms with Crippen LogP contribution in [0.1, 0.15) is 12.5 Å². The Balaban J connectivity index is 1.78. The molecule has 1 saturated heterocycles. The van der Waals surface area contributed by atoms with E-state index in [4.69, 9.17) is 11.6 Å². The molecule has 1 atom stereocenters. The third kappa shape index (κ3) is 4.12. The fourth-order valence-corrected chi connectivity index (χ4v) is 2.47. The zero-order valence-electron chi connectivity index (χ0n) is 12.1. The van der Waals surface area contributed by atoms with Gasteiger partial charge in [-0.1, -0.05) is 23.7 Å².